The summed E-state index contributed by atoms with van der Waals surface area (Å²) in [6.45, 7) is -0.0962. The summed E-state index contributed by atoms with van der Waals surface area (Å²) in [6, 6.07) is 6.26. The van der Waals surface area contributed by atoms with Crippen molar-refractivity contribution in [2.24, 2.45) is 0 Å². The first-order valence-electron chi connectivity index (χ1n) is 6.25. The van der Waals surface area contributed by atoms with Crippen molar-refractivity contribution in [2.75, 3.05) is 7.11 Å². The molecule has 0 amide bonds. The highest BCUT2D eigenvalue weighted by atomic mass is 32.2. The van der Waals surface area contributed by atoms with Crippen molar-refractivity contribution in [2.45, 2.75) is 6.54 Å². The molecule has 1 heterocycles. The summed E-state index contributed by atoms with van der Waals surface area (Å²) in [4.78, 5) is 0. The Morgan fingerprint density at radius 1 is 1.23 bits per heavy atom. The van der Waals surface area contributed by atoms with Gasteiger partial charge in [-0.1, -0.05) is 6.07 Å². The quantitative estimate of drug-likeness (QED) is 0.920. The van der Waals surface area contributed by atoms with Crippen molar-refractivity contribution in [3.63, 3.8) is 0 Å². The molecule has 116 valence electrons. The van der Waals surface area contributed by atoms with Crippen LogP contribution in [0, 0.1) is 11.6 Å². The Bertz CT molecular complexity index is 852. The molecular weight excluding hydrogens is 316 g/mol. The van der Waals surface area contributed by atoms with Gasteiger partial charge in [0, 0.05) is 17.7 Å². The average molecular weight is 327 g/mol. The standard InChI is InChI=1S/C14H11F2NO4S/c1-20-13-3-2-8(5-12(13)16)11-6-10(15)4-9-7-17-22(18,19)21-14(9)11/h2-6,17H,7H2,1H3. The summed E-state index contributed by atoms with van der Waals surface area (Å²) >= 11 is 0. The molecule has 8 heteroatoms. The topological polar surface area (TPSA) is 64.6 Å². The number of hydrogen-bond donors (Lipinski definition) is 1. The zero-order chi connectivity index (χ0) is 15.9. The van der Waals surface area contributed by atoms with Crippen LogP contribution in [0.1, 0.15) is 5.56 Å². The fourth-order valence-electron chi connectivity index (χ4n) is 2.23. The normalized spacial score (nSPS) is 15.8. The lowest BCUT2D eigenvalue weighted by Gasteiger charge is -2.21. The van der Waals surface area contributed by atoms with E-state index in [1.807, 2.05) is 0 Å². The van der Waals surface area contributed by atoms with Gasteiger partial charge in [-0.05, 0) is 29.8 Å². The maximum absolute atomic E-state index is 13.8. The summed E-state index contributed by atoms with van der Waals surface area (Å²) in [7, 11) is -2.63. The first kappa shape index (κ1) is 14.7. The molecule has 1 aliphatic rings. The fraction of sp³-hybridized carbons (Fsp3) is 0.143. The summed E-state index contributed by atoms with van der Waals surface area (Å²) in [5.74, 6) is -1.20. The molecule has 0 unspecified atom stereocenters. The lowest BCUT2D eigenvalue weighted by Crippen LogP contribution is -2.32. The maximum Gasteiger partial charge on any atom is 0.382 e. The Morgan fingerprint density at radius 3 is 2.68 bits per heavy atom. The largest absolute Gasteiger partial charge is 0.494 e. The Labute approximate surface area is 125 Å². The van der Waals surface area contributed by atoms with E-state index in [0.717, 1.165) is 12.1 Å². The van der Waals surface area contributed by atoms with Gasteiger partial charge in [0.1, 0.15) is 5.82 Å². The van der Waals surface area contributed by atoms with E-state index in [1.54, 1.807) is 0 Å². The second kappa shape index (κ2) is 5.22. The molecule has 0 saturated carbocycles. The minimum absolute atomic E-state index is 0.00952. The maximum atomic E-state index is 13.8. The predicted octanol–water partition coefficient (Wildman–Crippen LogP) is 2.37. The highest BCUT2D eigenvalue weighted by molar-refractivity contribution is 7.85. The molecule has 5 nitrogen and oxygen atoms in total. The first-order chi connectivity index (χ1) is 10.4. The van der Waals surface area contributed by atoms with E-state index in [1.165, 1.54) is 25.3 Å². The molecule has 0 aliphatic carbocycles. The van der Waals surface area contributed by atoms with Gasteiger partial charge in [-0.2, -0.15) is 13.1 Å². The fourth-order valence-corrected chi connectivity index (χ4v) is 3.04. The Hall–Kier alpha value is -2.19. The van der Waals surface area contributed by atoms with Crippen molar-refractivity contribution in [1.82, 2.24) is 4.72 Å². The van der Waals surface area contributed by atoms with Gasteiger partial charge in [0.15, 0.2) is 17.3 Å². The highest BCUT2D eigenvalue weighted by Crippen LogP contribution is 2.38. The van der Waals surface area contributed by atoms with Crippen LogP contribution in [0.5, 0.6) is 11.5 Å². The molecule has 0 bridgehead atoms. The van der Waals surface area contributed by atoms with E-state index < -0.39 is 21.9 Å². The van der Waals surface area contributed by atoms with Gasteiger partial charge < -0.3 is 8.92 Å². The number of rotatable bonds is 2. The summed E-state index contributed by atoms with van der Waals surface area (Å²) in [6.07, 6.45) is 0. The zero-order valence-electron chi connectivity index (χ0n) is 11.4. The molecule has 1 aliphatic heterocycles. The molecule has 2 aromatic carbocycles. The monoisotopic (exact) mass is 327 g/mol. The van der Waals surface area contributed by atoms with Gasteiger partial charge in [-0.25, -0.2) is 8.78 Å². The Morgan fingerprint density at radius 2 is 2.00 bits per heavy atom. The summed E-state index contributed by atoms with van der Waals surface area (Å²) in [5.41, 5.74) is 0.772. The molecule has 2 aromatic rings. The minimum Gasteiger partial charge on any atom is -0.494 e. The minimum atomic E-state index is -3.95. The van der Waals surface area contributed by atoms with E-state index in [4.69, 9.17) is 8.92 Å². The number of benzene rings is 2. The summed E-state index contributed by atoms with van der Waals surface area (Å²) in [5, 5.41) is 0. The van der Waals surface area contributed by atoms with Crippen LogP contribution in [-0.2, 0) is 16.8 Å². The van der Waals surface area contributed by atoms with E-state index in [0.29, 0.717) is 5.56 Å². The average Bonchev–Trinajstić information content (AvgIpc) is 2.46. The van der Waals surface area contributed by atoms with Gasteiger partial charge in [-0.15, -0.1) is 0 Å². The van der Waals surface area contributed by atoms with Crippen LogP contribution < -0.4 is 13.6 Å². The van der Waals surface area contributed by atoms with E-state index >= 15 is 0 Å². The van der Waals surface area contributed by atoms with Crippen molar-refractivity contribution in [3.8, 4) is 22.6 Å². The van der Waals surface area contributed by atoms with Crippen molar-refractivity contribution in [1.29, 1.82) is 0 Å². The third-order valence-corrected chi connectivity index (χ3v) is 4.11. The molecule has 0 spiro atoms. The molecule has 22 heavy (non-hydrogen) atoms. The third-order valence-electron chi connectivity index (χ3n) is 3.23. The number of fused-ring (bicyclic) bond motifs is 1. The smallest absolute Gasteiger partial charge is 0.382 e. The zero-order valence-corrected chi connectivity index (χ0v) is 12.2. The van der Waals surface area contributed by atoms with E-state index in [2.05, 4.69) is 4.72 Å². The third kappa shape index (κ3) is 2.62. The van der Waals surface area contributed by atoms with Crippen LogP contribution in [0.2, 0.25) is 0 Å². The summed E-state index contributed by atoms with van der Waals surface area (Å²) < 4.78 is 62.5. The van der Waals surface area contributed by atoms with Gasteiger partial charge in [-0.3, -0.25) is 0 Å². The van der Waals surface area contributed by atoms with Crippen molar-refractivity contribution < 1.29 is 26.1 Å². The number of halogens is 2. The van der Waals surface area contributed by atoms with Gasteiger partial charge >= 0.3 is 10.3 Å². The molecule has 0 fully saturated rings. The number of nitrogens with one attached hydrogen (secondary N) is 1. The Kier molecular flexibility index (Phi) is 3.50. The van der Waals surface area contributed by atoms with Crippen molar-refractivity contribution in [3.05, 3.63) is 47.5 Å². The van der Waals surface area contributed by atoms with Crippen LogP contribution in [0.15, 0.2) is 30.3 Å². The molecular formula is C14H11F2NO4S. The Balaban J connectivity index is 2.19. The number of ether oxygens (including phenoxy) is 1. The second-order valence-electron chi connectivity index (χ2n) is 4.65. The predicted molar refractivity (Wildman–Crippen MR) is 74.7 cm³/mol. The van der Waals surface area contributed by atoms with Crippen LogP contribution >= 0.6 is 0 Å². The van der Waals surface area contributed by atoms with E-state index in [-0.39, 0.29) is 29.2 Å². The van der Waals surface area contributed by atoms with E-state index in [9.17, 15) is 17.2 Å². The van der Waals surface area contributed by atoms with Crippen molar-refractivity contribution >= 4 is 10.3 Å². The number of methoxy groups -OCH3 is 1. The lowest BCUT2D eigenvalue weighted by atomic mass is 10.0. The van der Waals surface area contributed by atoms with Crippen LogP contribution in [0.25, 0.3) is 11.1 Å². The lowest BCUT2D eigenvalue weighted by molar-refractivity contribution is 0.386. The molecule has 3 rings (SSSR count). The molecule has 0 radical (unpaired) electrons. The van der Waals surface area contributed by atoms with Crippen LogP contribution in [0.3, 0.4) is 0 Å². The molecule has 1 N–H and O–H groups in total. The number of hydrogen-bond acceptors (Lipinski definition) is 4. The molecule has 0 saturated heterocycles. The highest BCUT2D eigenvalue weighted by Gasteiger charge is 2.26. The van der Waals surface area contributed by atoms with Gasteiger partial charge in [0.2, 0.25) is 0 Å². The molecule has 0 aromatic heterocycles. The SMILES string of the molecule is COc1ccc(-c2cc(F)cc3c2OS(=O)(=O)NC3)cc1F. The van der Waals surface area contributed by atoms with Crippen LogP contribution in [-0.4, -0.2) is 15.5 Å². The first-order valence-corrected chi connectivity index (χ1v) is 7.66. The van der Waals surface area contributed by atoms with Gasteiger partial charge in [0.25, 0.3) is 0 Å². The second-order valence-corrected chi connectivity index (χ2v) is 6.01. The van der Waals surface area contributed by atoms with Crippen LogP contribution in [0.4, 0.5) is 8.78 Å². The van der Waals surface area contributed by atoms with Gasteiger partial charge in [0.05, 0.1) is 7.11 Å². The molecule has 0 atom stereocenters.